The van der Waals surface area contributed by atoms with Gasteiger partial charge >= 0.3 is 64.1 Å². The molecule has 3 aromatic carbocycles. The molecule has 0 fully saturated rings. The fourth-order valence-electron chi connectivity index (χ4n) is 10.0. The van der Waals surface area contributed by atoms with Crippen molar-refractivity contribution < 1.29 is 229 Å². The first-order valence-corrected chi connectivity index (χ1v) is 38.9. The van der Waals surface area contributed by atoms with Gasteiger partial charge in [0, 0.05) is 187 Å². The number of H-pyrrole nitrogens is 1. The molecule has 0 bridgehead atoms. The maximum atomic E-state index is 13.4. The van der Waals surface area contributed by atoms with Crippen molar-refractivity contribution in [1.82, 2.24) is 141 Å². The first-order chi connectivity index (χ1) is 67.0. The van der Waals surface area contributed by atoms with E-state index >= 15 is 0 Å². The molecule has 0 unspecified atom stereocenters. The van der Waals surface area contributed by atoms with E-state index in [-0.39, 0.29) is 203 Å². The Morgan fingerprint density at radius 3 is 0.864 bits per heavy atom. The number of halogens is 22. The van der Waals surface area contributed by atoms with Crippen LogP contribution in [-0.4, -0.2) is 127 Å². The summed E-state index contributed by atoms with van der Waals surface area (Å²) < 4.78 is 271. The number of aromatic carboxylic acids is 1. The van der Waals surface area contributed by atoms with Crippen LogP contribution in [0.5, 0.6) is 0 Å². The van der Waals surface area contributed by atoms with Crippen molar-refractivity contribution in [2.24, 2.45) is 0 Å². The quantitative estimate of drug-likeness (QED) is 0.0948. The molecule has 0 saturated heterocycles. The number of pyridine rings is 10. The number of carboxylic acid groups (broad SMARTS) is 1. The third-order valence-corrected chi connectivity index (χ3v) is 16.2. The smallest absolute Gasteiger partial charge is 0.477 e. The SMILES string of the molecule is Cc1ccnc(-c2[c-]cc(F)cc2F)c1.Cc1ccnc(-c2nc(C(F)(F)F)n[n-]2)c1.FC(F)(F)c1n[n-]c(-c2ccccn2)n1.FC(F)(F)c1n[n-]c(-c2ccccn2)n1.FC(F)(F)c1n[n-]c(-c2ccccn2)n1.FC(F)(F)c1n[n-]c(-c2ccccn2)n1.FC(F)(F)c1nc(-c2ccccn2)n[nH]1.Fc1c[c-]c(-c2ccccn2)c(F)c1.O=C(O)c1ccccn1.[Ir].[Ir].[Ir].[Ir].[Pt+2].[Pt].[c-]1ccccc1-c1ccccn1. The number of nitrogens with one attached hydrogen (secondary N) is 1. The largest absolute Gasteiger partial charge is 2.00 e. The molecule has 16 aromatic heterocycles. The summed E-state index contributed by atoms with van der Waals surface area (Å²) in [6.45, 7) is 3.68. The van der Waals surface area contributed by atoms with Crippen molar-refractivity contribution in [2.75, 3.05) is 0 Å². The average molecular weight is 3120 g/mol. The van der Waals surface area contributed by atoms with E-state index in [4.69, 9.17) is 5.11 Å². The molecule has 2 N–H and O–H groups in total. The topological polar surface area (TPSA) is 407 Å². The van der Waals surface area contributed by atoms with Gasteiger partial charge in [0.05, 0.1) is 28.5 Å². The maximum absolute atomic E-state index is 13.4. The van der Waals surface area contributed by atoms with Crippen LogP contribution in [0, 0.1) is 55.3 Å². The first kappa shape index (κ1) is 125. The van der Waals surface area contributed by atoms with Gasteiger partial charge in [-0.05, 0) is 169 Å². The van der Waals surface area contributed by atoms with E-state index < -0.39 is 101 Å². The Bertz CT molecular complexity index is 6510. The number of hydrogen-bond donors (Lipinski definition) is 2. The Hall–Kier alpha value is -14.1. The second kappa shape index (κ2) is 59.5. The molecule has 0 atom stereocenters. The maximum Gasteiger partial charge on any atom is 2.00 e. The molecule has 0 aliphatic rings. The molecule has 0 spiro atoms. The molecule has 58 heteroatoms. The minimum atomic E-state index is -4.57. The molecule has 778 valence electrons. The molecule has 0 amide bonds. The van der Waals surface area contributed by atoms with Gasteiger partial charge in [-0.3, -0.25) is 78.1 Å². The summed E-state index contributed by atoms with van der Waals surface area (Å²) >= 11 is 0. The van der Waals surface area contributed by atoms with Crippen LogP contribution < -0.4 is 25.5 Å². The van der Waals surface area contributed by atoms with Crippen LogP contribution >= 0.6 is 0 Å². The minimum absolute atomic E-state index is 0. The van der Waals surface area contributed by atoms with E-state index in [1.807, 2.05) is 60.6 Å². The van der Waals surface area contributed by atoms with Gasteiger partial charge in [0.25, 0.3) is 0 Å². The number of carbonyl (C=O) groups is 1. The summed E-state index contributed by atoms with van der Waals surface area (Å²) in [5.41, 5.74) is 6.85. The van der Waals surface area contributed by atoms with Crippen molar-refractivity contribution in [3.05, 3.63) is 374 Å². The van der Waals surface area contributed by atoms with Crippen molar-refractivity contribution in [2.45, 2.75) is 50.9 Å². The second-order valence-corrected chi connectivity index (χ2v) is 26.6. The monoisotopic (exact) mass is 3130 g/mol. The van der Waals surface area contributed by atoms with Gasteiger partial charge in [-0.2, -0.15) is 84.1 Å². The summed E-state index contributed by atoms with van der Waals surface area (Å²) in [6.07, 6.45) is -12.3. The molecule has 147 heavy (non-hydrogen) atoms. The van der Waals surface area contributed by atoms with Crippen LogP contribution in [0.4, 0.5) is 96.6 Å². The summed E-state index contributed by atoms with van der Waals surface area (Å²) in [4.78, 5) is 68.4. The van der Waals surface area contributed by atoms with Crippen LogP contribution in [0.2, 0.25) is 0 Å². The van der Waals surface area contributed by atoms with Crippen molar-refractivity contribution in [3.63, 3.8) is 0 Å². The zero-order valence-corrected chi connectivity index (χ0v) is 86.9. The van der Waals surface area contributed by atoms with Crippen LogP contribution in [-0.2, 0) is 160 Å². The van der Waals surface area contributed by atoms with E-state index in [2.05, 4.69) is 154 Å². The summed E-state index contributed by atoms with van der Waals surface area (Å²) in [7, 11) is 0. The number of hydrogen-bond acceptors (Lipinski definition) is 23. The molecule has 4 radical (unpaired) electrons. The van der Waals surface area contributed by atoms with Crippen molar-refractivity contribution >= 4 is 5.97 Å². The molecule has 0 aliphatic heterocycles. The van der Waals surface area contributed by atoms with Crippen LogP contribution in [0.25, 0.3) is 103 Å². The van der Waals surface area contributed by atoms with E-state index in [1.165, 1.54) is 79.8 Å². The third kappa shape index (κ3) is 40.7. The summed E-state index contributed by atoms with van der Waals surface area (Å²) in [6, 6.07) is 66.4. The van der Waals surface area contributed by atoms with Gasteiger partial charge in [0.1, 0.15) is 40.5 Å². The van der Waals surface area contributed by atoms with E-state index in [1.54, 1.807) is 135 Å². The molecular formula is C89H54F22Ir4N28O2Pt2-6. The van der Waals surface area contributed by atoms with Gasteiger partial charge in [-0.25, -0.2) is 14.8 Å². The molecule has 16 heterocycles. The van der Waals surface area contributed by atoms with Crippen LogP contribution in [0.1, 0.15) is 56.6 Å². The molecule has 19 aromatic rings. The molecular weight excluding hydrogens is 3070 g/mol. The number of benzene rings is 3. The Morgan fingerprint density at radius 1 is 0.313 bits per heavy atom. The van der Waals surface area contributed by atoms with Crippen LogP contribution in [0.3, 0.4) is 0 Å². The number of aromatic nitrogens is 28. The van der Waals surface area contributed by atoms with Gasteiger partial charge in [0.2, 0.25) is 5.82 Å². The Labute approximate surface area is 896 Å². The zero-order valence-electron chi connectivity index (χ0n) is 72.8. The van der Waals surface area contributed by atoms with Crippen molar-refractivity contribution in [1.29, 1.82) is 0 Å². The van der Waals surface area contributed by atoms with Crippen LogP contribution in [0.15, 0.2) is 280 Å². The number of nitrogens with zero attached hydrogens (tertiary/aromatic N) is 27. The van der Waals surface area contributed by atoms with Crippen molar-refractivity contribution in [3.8, 4) is 103 Å². The zero-order chi connectivity index (χ0) is 102. The normalized spacial score (nSPS) is 10.6. The number of carboxylic acids is 1. The average Bonchev–Trinajstić information content (AvgIpc) is 1.78. The molecule has 19 rings (SSSR count). The third-order valence-electron chi connectivity index (χ3n) is 16.2. The minimum Gasteiger partial charge on any atom is -0.477 e. The van der Waals surface area contributed by atoms with Gasteiger partial charge < -0.3 is 70.5 Å². The second-order valence-electron chi connectivity index (χ2n) is 26.6. The predicted octanol–water partition coefficient (Wildman–Crippen LogP) is 19.0. The molecule has 0 saturated carbocycles. The molecule has 0 aliphatic carbocycles. The Morgan fingerprint density at radius 2 is 0.599 bits per heavy atom. The number of rotatable bonds is 10. The first-order valence-electron chi connectivity index (χ1n) is 38.9. The van der Waals surface area contributed by atoms with Gasteiger partial charge in [0.15, 0.2) is 5.82 Å². The van der Waals surface area contributed by atoms with Gasteiger partial charge in [-0.1, -0.05) is 95.6 Å². The number of alkyl halides is 18. The Balaban J connectivity index is 0.000000339. The van der Waals surface area contributed by atoms with Gasteiger partial charge in [-0.15, -0.1) is 60.2 Å². The Kier molecular flexibility index (Phi) is 50.7. The number of aromatic amines is 1. The van der Waals surface area contributed by atoms with E-state index in [9.17, 15) is 101 Å². The van der Waals surface area contributed by atoms with E-state index in [0.29, 0.717) is 17.1 Å². The standard InChI is InChI=1S/C12H8F2N.C11H6F2N.C11H8N.C9H6F3N4.C8H5F3N4.4C8H4F3N4.C6H5NO2.4Ir.2Pt/c1-8-4-5-15-12(6-8)10-3-2-9(13)7-11(10)14;12-8-4-5-9(10(13)7-8)11-3-1-2-6-14-11;1-2-6-10(7-3-1)11-8-4-5-9-12-11;1-5-2-3-13-6(4-5)7-14-8(16-15-7)9(10,11)12;5*9-8(10,11)7-13-6(14-15-7)5-3-1-2-4-12-5;8-6(9)5-3-1-2-4-7-5;;;;;;/h2,4-7H,1H3;1-4,6-7H;1-6,8-9H;2-4H,1H3;1-4H,(H,13,14,15);4*1-4H;1-4H,(H,8,9);;;;;;/q4*-1;;4*-1;;;;;;;+2. The summed E-state index contributed by atoms with van der Waals surface area (Å²) in [5, 5.41) is 44.9. The summed E-state index contributed by atoms with van der Waals surface area (Å²) in [5.74, 6) is -11.6. The predicted molar refractivity (Wildman–Crippen MR) is 449 cm³/mol. The molecule has 30 nitrogen and oxygen atoms in total. The number of aryl methyl sites for hydroxylation is 2. The fraction of sp³-hybridized carbons (Fsp3) is 0.0899. The fourth-order valence-corrected chi connectivity index (χ4v) is 10.0. The van der Waals surface area contributed by atoms with E-state index in [0.717, 1.165) is 46.6 Å².